The molecule has 3 unspecified atom stereocenters. The van der Waals surface area contributed by atoms with Crippen molar-refractivity contribution in [3.63, 3.8) is 0 Å². The Kier molecular flexibility index (Phi) is 6.22. The second kappa shape index (κ2) is 9.25. The van der Waals surface area contributed by atoms with E-state index in [0.717, 1.165) is 65.1 Å². The lowest BCUT2D eigenvalue weighted by molar-refractivity contribution is -0.135. The van der Waals surface area contributed by atoms with Gasteiger partial charge in [0.2, 0.25) is 5.91 Å². The Balaban J connectivity index is 1.40. The van der Waals surface area contributed by atoms with E-state index in [-0.39, 0.29) is 18.0 Å². The maximum absolute atomic E-state index is 13.6. The number of hydrogen-bond acceptors (Lipinski definition) is 6. The van der Waals surface area contributed by atoms with Gasteiger partial charge in [0.15, 0.2) is 0 Å². The van der Waals surface area contributed by atoms with Crippen molar-refractivity contribution in [3.05, 3.63) is 47.6 Å². The van der Waals surface area contributed by atoms with Gasteiger partial charge in [-0.3, -0.25) is 9.78 Å². The molecule has 2 aromatic heterocycles. The molecule has 2 fully saturated rings. The number of piperidine rings is 1. The van der Waals surface area contributed by atoms with Crippen LogP contribution in [0.4, 0.5) is 0 Å². The van der Waals surface area contributed by atoms with Crippen LogP contribution < -0.4 is 10.6 Å². The van der Waals surface area contributed by atoms with Crippen LogP contribution in [0.15, 0.2) is 42.6 Å². The van der Waals surface area contributed by atoms with E-state index in [1.54, 1.807) is 11.3 Å². The van der Waals surface area contributed by atoms with E-state index in [2.05, 4.69) is 39.6 Å². The van der Waals surface area contributed by atoms with Gasteiger partial charge in [0.25, 0.3) is 0 Å². The highest BCUT2D eigenvalue weighted by Crippen LogP contribution is 2.39. The summed E-state index contributed by atoms with van der Waals surface area (Å²) in [5.74, 6) is 0.237. The summed E-state index contributed by atoms with van der Waals surface area (Å²) < 4.78 is 1.13. The molecule has 6 nitrogen and oxygen atoms in total. The van der Waals surface area contributed by atoms with Crippen molar-refractivity contribution in [3.8, 4) is 11.3 Å². The van der Waals surface area contributed by atoms with Gasteiger partial charge >= 0.3 is 0 Å². The van der Waals surface area contributed by atoms with Crippen LogP contribution in [-0.4, -0.2) is 52.5 Å². The van der Waals surface area contributed by atoms with Crippen molar-refractivity contribution in [2.24, 2.45) is 0 Å². The van der Waals surface area contributed by atoms with Gasteiger partial charge in [0.05, 0.1) is 22.5 Å². The molecular formula is C25H31N5OS. The van der Waals surface area contributed by atoms with Gasteiger partial charge in [0, 0.05) is 30.4 Å². The quantitative estimate of drug-likeness (QED) is 0.613. The Hall–Kier alpha value is -2.35. The van der Waals surface area contributed by atoms with Crippen molar-refractivity contribution >= 4 is 27.5 Å². The Morgan fingerprint density at radius 3 is 2.84 bits per heavy atom. The lowest BCUT2D eigenvalue weighted by Crippen LogP contribution is -2.56. The van der Waals surface area contributed by atoms with E-state index in [9.17, 15) is 4.79 Å². The van der Waals surface area contributed by atoms with Crippen LogP contribution >= 0.6 is 11.3 Å². The molecular weight excluding hydrogens is 418 g/mol. The maximum Gasteiger partial charge on any atom is 0.240 e. The van der Waals surface area contributed by atoms with Crippen LogP contribution in [0.1, 0.15) is 50.1 Å². The summed E-state index contributed by atoms with van der Waals surface area (Å²) in [6.45, 7) is 3.00. The number of benzene rings is 1. The van der Waals surface area contributed by atoms with E-state index >= 15 is 0 Å². The van der Waals surface area contributed by atoms with Gasteiger partial charge in [-0.25, -0.2) is 4.98 Å². The number of aromatic nitrogens is 2. The van der Waals surface area contributed by atoms with Crippen LogP contribution in [0.25, 0.3) is 21.5 Å². The molecule has 7 heteroatoms. The molecule has 2 aliphatic rings. The van der Waals surface area contributed by atoms with Gasteiger partial charge in [-0.15, -0.1) is 11.3 Å². The fourth-order valence-electron chi connectivity index (χ4n) is 5.07. The number of carbonyl (C=O) groups is 1. The SMILES string of the molecule is CNC(C)C1CCCC(C(=O)N2CCC[C@H]2c2nc3c(-c4ccccc4)nccc3s2)N1. The zero-order chi connectivity index (χ0) is 22.1. The third-order valence-corrected chi connectivity index (χ3v) is 8.09. The molecule has 4 atom stereocenters. The van der Waals surface area contributed by atoms with E-state index in [0.29, 0.717) is 12.1 Å². The average molecular weight is 450 g/mol. The van der Waals surface area contributed by atoms with E-state index in [4.69, 9.17) is 4.98 Å². The smallest absolute Gasteiger partial charge is 0.240 e. The number of amides is 1. The minimum atomic E-state index is -0.0962. The number of rotatable bonds is 5. The summed E-state index contributed by atoms with van der Waals surface area (Å²) in [4.78, 5) is 25.3. The highest BCUT2D eigenvalue weighted by molar-refractivity contribution is 7.18. The number of nitrogens with zero attached hydrogens (tertiary/aromatic N) is 3. The Morgan fingerprint density at radius 1 is 1.19 bits per heavy atom. The lowest BCUT2D eigenvalue weighted by atomic mass is 9.93. The summed E-state index contributed by atoms with van der Waals surface area (Å²) >= 11 is 1.70. The topological polar surface area (TPSA) is 70.2 Å². The summed E-state index contributed by atoms with van der Waals surface area (Å²) in [6, 6.07) is 12.9. The number of pyridine rings is 1. The van der Waals surface area contributed by atoms with Gasteiger partial charge in [0.1, 0.15) is 10.5 Å². The largest absolute Gasteiger partial charge is 0.332 e. The first-order chi connectivity index (χ1) is 15.7. The van der Waals surface area contributed by atoms with Crippen molar-refractivity contribution in [1.29, 1.82) is 0 Å². The van der Waals surface area contributed by atoms with Crippen LogP contribution in [0.5, 0.6) is 0 Å². The molecule has 2 saturated heterocycles. The van der Waals surface area contributed by atoms with Crippen LogP contribution in [0, 0.1) is 0 Å². The zero-order valence-electron chi connectivity index (χ0n) is 18.8. The Labute approximate surface area is 193 Å². The maximum atomic E-state index is 13.6. The molecule has 0 spiro atoms. The number of nitrogens with one attached hydrogen (secondary N) is 2. The zero-order valence-corrected chi connectivity index (χ0v) is 19.6. The Bertz CT molecular complexity index is 1080. The highest BCUT2D eigenvalue weighted by atomic mass is 32.1. The van der Waals surface area contributed by atoms with E-state index in [1.165, 1.54) is 0 Å². The van der Waals surface area contributed by atoms with Crippen molar-refractivity contribution < 1.29 is 4.79 Å². The van der Waals surface area contributed by atoms with Crippen molar-refractivity contribution in [1.82, 2.24) is 25.5 Å². The first kappa shape index (κ1) is 21.5. The molecule has 3 aromatic rings. The molecule has 1 aromatic carbocycles. The van der Waals surface area contributed by atoms with Crippen LogP contribution in [0.3, 0.4) is 0 Å². The number of carbonyl (C=O) groups excluding carboxylic acids is 1. The number of likely N-dealkylation sites (N-methyl/N-ethyl adjacent to an activating group) is 1. The van der Waals surface area contributed by atoms with E-state index in [1.807, 2.05) is 37.5 Å². The van der Waals surface area contributed by atoms with E-state index < -0.39 is 0 Å². The second-order valence-electron chi connectivity index (χ2n) is 8.95. The average Bonchev–Trinajstić information content (AvgIpc) is 3.50. The third-order valence-electron chi connectivity index (χ3n) is 6.97. The summed E-state index contributed by atoms with van der Waals surface area (Å²) in [5, 5.41) is 7.99. The molecule has 0 saturated carbocycles. The molecule has 2 aliphatic heterocycles. The fourth-order valence-corrected chi connectivity index (χ4v) is 6.18. The summed E-state index contributed by atoms with van der Waals surface area (Å²) in [5.41, 5.74) is 2.93. The number of hydrogen-bond donors (Lipinski definition) is 2. The van der Waals surface area contributed by atoms with Crippen LogP contribution in [0.2, 0.25) is 0 Å². The second-order valence-corrected chi connectivity index (χ2v) is 10.0. The molecule has 2 N–H and O–H groups in total. The van der Waals surface area contributed by atoms with Gasteiger partial charge in [-0.05, 0) is 52.1 Å². The normalized spacial score (nSPS) is 24.7. The minimum absolute atomic E-state index is 0.0624. The van der Waals surface area contributed by atoms with Gasteiger partial charge < -0.3 is 15.5 Å². The molecule has 5 rings (SSSR count). The fraction of sp³-hybridized carbons (Fsp3) is 0.480. The first-order valence-corrected chi connectivity index (χ1v) is 12.5. The number of likely N-dealkylation sites (tertiary alicyclic amines) is 1. The lowest BCUT2D eigenvalue weighted by Gasteiger charge is -2.36. The van der Waals surface area contributed by atoms with Gasteiger partial charge in [-0.2, -0.15) is 0 Å². The van der Waals surface area contributed by atoms with Crippen molar-refractivity contribution in [2.45, 2.75) is 63.2 Å². The monoisotopic (exact) mass is 449 g/mol. The van der Waals surface area contributed by atoms with Crippen LogP contribution in [-0.2, 0) is 4.79 Å². The highest BCUT2D eigenvalue weighted by Gasteiger charge is 2.38. The minimum Gasteiger partial charge on any atom is -0.332 e. The number of fused-ring (bicyclic) bond motifs is 1. The van der Waals surface area contributed by atoms with Gasteiger partial charge in [-0.1, -0.05) is 30.3 Å². The third kappa shape index (κ3) is 4.05. The predicted molar refractivity (Wildman–Crippen MR) is 130 cm³/mol. The number of thiazole rings is 1. The molecule has 0 aliphatic carbocycles. The Morgan fingerprint density at radius 2 is 2.03 bits per heavy atom. The molecule has 168 valence electrons. The predicted octanol–water partition coefficient (Wildman–Crippen LogP) is 4.14. The molecule has 32 heavy (non-hydrogen) atoms. The molecule has 4 heterocycles. The van der Waals surface area contributed by atoms with Crippen molar-refractivity contribution in [2.75, 3.05) is 13.6 Å². The summed E-state index contributed by atoms with van der Waals surface area (Å²) in [6.07, 6.45) is 6.98. The molecule has 1 amide bonds. The molecule has 0 bridgehead atoms. The summed E-state index contributed by atoms with van der Waals surface area (Å²) in [7, 11) is 1.99. The molecule has 0 radical (unpaired) electrons. The standard InChI is InChI=1S/C25H31N5OS/c1-16(26-2)18-10-6-11-19(28-18)25(31)30-15-7-12-20(30)24-29-23-21(32-24)13-14-27-22(23)17-8-4-3-5-9-17/h3-5,8-9,13-14,16,18-20,26,28H,6-7,10-12,15H2,1-2H3/t16?,18?,19?,20-/m0/s1. The first-order valence-electron chi connectivity index (χ1n) is 11.7.